The number of carbonyl (C=O) groups is 1. The molecule has 0 aliphatic heterocycles. The lowest BCUT2D eigenvalue weighted by atomic mass is 9.84. The maximum absolute atomic E-state index is 13.7. The third kappa shape index (κ3) is 6.29. The highest BCUT2D eigenvalue weighted by Gasteiger charge is 2.29. The molecule has 5 rings (SSSR count). The van der Waals surface area contributed by atoms with Crippen molar-refractivity contribution in [3.05, 3.63) is 76.1 Å². The van der Waals surface area contributed by atoms with Crippen molar-refractivity contribution in [2.45, 2.75) is 75.6 Å². The van der Waals surface area contributed by atoms with Gasteiger partial charge in [0.25, 0.3) is 5.91 Å². The van der Waals surface area contributed by atoms with Crippen LogP contribution in [0.3, 0.4) is 0 Å². The summed E-state index contributed by atoms with van der Waals surface area (Å²) in [6, 6.07) is 14.1. The number of fused-ring (bicyclic) bond motifs is 1. The van der Waals surface area contributed by atoms with Gasteiger partial charge in [0.05, 0.1) is 16.3 Å². The molecule has 0 bridgehead atoms. The predicted molar refractivity (Wildman–Crippen MR) is 155 cm³/mol. The molecule has 2 aliphatic carbocycles. The Hall–Kier alpha value is -2.94. The number of halogens is 1. The van der Waals surface area contributed by atoms with Gasteiger partial charge in [0.15, 0.2) is 5.69 Å². The van der Waals surface area contributed by atoms with Crippen molar-refractivity contribution in [2.24, 2.45) is 11.1 Å². The monoisotopic (exact) mass is 566 g/mol. The summed E-state index contributed by atoms with van der Waals surface area (Å²) >= 11 is 6.12. The Labute approximate surface area is 235 Å². The first-order valence-corrected chi connectivity index (χ1v) is 15.7. The van der Waals surface area contributed by atoms with Gasteiger partial charge in [-0.2, -0.15) is 5.10 Å². The number of nitrogens with two attached hydrogens (primary N) is 1. The number of aromatic nitrogens is 2. The van der Waals surface area contributed by atoms with Crippen molar-refractivity contribution in [1.29, 1.82) is 0 Å². The van der Waals surface area contributed by atoms with Gasteiger partial charge in [0.1, 0.15) is 0 Å². The zero-order valence-corrected chi connectivity index (χ0v) is 23.8. The van der Waals surface area contributed by atoms with Crippen LogP contribution in [0, 0.1) is 5.92 Å². The Morgan fingerprint density at radius 3 is 2.36 bits per heavy atom. The van der Waals surface area contributed by atoms with Crippen molar-refractivity contribution in [2.75, 3.05) is 0 Å². The molecule has 1 atom stereocenters. The summed E-state index contributed by atoms with van der Waals surface area (Å²) in [6.07, 6.45) is 11.6. The number of rotatable bonds is 6. The summed E-state index contributed by atoms with van der Waals surface area (Å²) in [5.41, 5.74) is 5.01. The topological polar surface area (TPSA) is 107 Å². The minimum atomic E-state index is -3.83. The van der Waals surface area contributed by atoms with Gasteiger partial charge in [0.2, 0.25) is 10.0 Å². The van der Waals surface area contributed by atoms with Crippen molar-refractivity contribution in [3.8, 4) is 5.69 Å². The Morgan fingerprint density at radius 2 is 1.69 bits per heavy atom. The van der Waals surface area contributed by atoms with Crippen LogP contribution in [0.1, 0.15) is 85.6 Å². The molecule has 9 heteroatoms. The largest absolute Gasteiger partial charge is 0.348 e. The standard InChI is InChI=1S/C30H35ClN4O3S/c1-20(22-7-3-2-4-8-22)33-30(36)28-27-10-6-5-9-23(19-21-11-13-24(31)14-12-21)29(27)35(34-28)25-15-17-26(18-16-25)39(32,37)38/h11-20,22H,2-10H2,1H3,(H,33,36)(H2,32,37,38)/t20-/m1/s1. The zero-order valence-electron chi connectivity index (χ0n) is 22.2. The van der Waals surface area contributed by atoms with Crippen LogP contribution in [0.25, 0.3) is 17.3 Å². The van der Waals surface area contributed by atoms with E-state index in [1.165, 1.54) is 31.4 Å². The predicted octanol–water partition coefficient (Wildman–Crippen LogP) is 6.14. The molecule has 1 fully saturated rings. The second-order valence-corrected chi connectivity index (χ2v) is 12.7. The molecule has 0 radical (unpaired) electrons. The fourth-order valence-corrected chi connectivity index (χ4v) is 6.47. The summed E-state index contributed by atoms with van der Waals surface area (Å²) in [4.78, 5) is 13.7. The van der Waals surface area contributed by atoms with E-state index in [1.54, 1.807) is 16.8 Å². The van der Waals surface area contributed by atoms with Gasteiger partial charge in [-0.3, -0.25) is 4.79 Å². The van der Waals surface area contributed by atoms with Crippen LogP contribution in [0.4, 0.5) is 0 Å². The zero-order chi connectivity index (χ0) is 27.6. The fourth-order valence-electron chi connectivity index (χ4n) is 5.83. The number of hydrogen-bond donors (Lipinski definition) is 2. The molecule has 3 aromatic rings. The van der Waals surface area contributed by atoms with Gasteiger partial charge in [-0.25, -0.2) is 18.2 Å². The van der Waals surface area contributed by atoms with Crippen molar-refractivity contribution < 1.29 is 13.2 Å². The normalized spacial score (nSPS) is 18.4. The van der Waals surface area contributed by atoms with Crippen LogP contribution in [0.2, 0.25) is 5.02 Å². The van der Waals surface area contributed by atoms with E-state index < -0.39 is 10.0 Å². The third-order valence-electron chi connectivity index (χ3n) is 7.96. The average molecular weight is 567 g/mol. The SMILES string of the molecule is C[C@@H](NC(=O)c1nn(-c2ccc(S(N)(=O)=O)cc2)c2c1CCCCC2=Cc1ccc(Cl)cc1)C1CCCCC1. The van der Waals surface area contributed by atoms with Gasteiger partial charge in [-0.1, -0.05) is 43.0 Å². The Bertz CT molecular complexity index is 1470. The van der Waals surface area contributed by atoms with E-state index in [0.29, 0.717) is 22.3 Å². The summed E-state index contributed by atoms with van der Waals surface area (Å²) in [5, 5.41) is 14.1. The second-order valence-electron chi connectivity index (χ2n) is 10.7. The molecule has 39 heavy (non-hydrogen) atoms. The van der Waals surface area contributed by atoms with Gasteiger partial charge < -0.3 is 5.32 Å². The van der Waals surface area contributed by atoms with Crippen LogP contribution in [-0.2, 0) is 16.4 Å². The molecule has 1 heterocycles. The number of amides is 1. The lowest BCUT2D eigenvalue weighted by molar-refractivity contribution is 0.0912. The molecule has 1 aromatic heterocycles. The smallest absolute Gasteiger partial charge is 0.272 e. The van der Waals surface area contributed by atoms with E-state index in [4.69, 9.17) is 21.8 Å². The molecule has 3 N–H and O–H groups in total. The average Bonchev–Trinajstić information content (AvgIpc) is 3.19. The second kappa shape index (κ2) is 11.7. The first-order chi connectivity index (χ1) is 18.7. The van der Waals surface area contributed by atoms with Crippen molar-refractivity contribution >= 4 is 39.2 Å². The molecular formula is C30H35ClN4O3S. The van der Waals surface area contributed by atoms with Crippen molar-refractivity contribution in [3.63, 3.8) is 0 Å². The van der Waals surface area contributed by atoms with Gasteiger partial charge in [-0.05, 0) is 105 Å². The third-order valence-corrected chi connectivity index (χ3v) is 9.14. The summed E-state index contributed by atoms with van der Waals surface area (Å²) in [6.45, 7) is 2.10. The number of allylic oxidation sites excluding steroid dienone is 1. The van der Waals surface area contributed by atoms with E-state index in [2.05, 4.69) is 18.3 Å². The van der Waals surface area contributed by atoms with E-state index in [0.717, 1.165) is 60.9 Å². The first-order valence-electron chi connectivity index (χ1n) is 13.7. The highest BCUT2D eigenvalue weighted by Crippen LogP contribution is 2.35. The molecule has 0 unspecified atom stereocenters. The van der Waals surface area contributed by atoms with Crippen LogP contribution in [0.15, 0.2) is 53.4 Å². The number of carbonyl (C=O) groups excluding carboxylic acids is 1. The van der Waals surface area contributed by atoms with Gasteiger partial charge >= 0.3 is 0 Å². The Morgan fingerprint density at radius 1 is 1.03 bits per heavy atom. The van der Waals surface area contributed by atoms with E-state index >= 15 is 0 Å². The highest BCUT2D eigenvalue weighted by molar-refractivity contribution is 7.89. The molecule has 2 aromatic carbocycles. The van der Waals surface area contributed by atoms with Gasteiger partial charge in [0, 0.05) is 16.6 Å². The van der Waals surface area contributed by atoms with E-state index in [1.807, 2.05) is 24.3 Å². The lowest BCUT2D eigenvalue weighted by Crippen LogP contribution is -2.39. The molecule has 0 spiro atoms. The molecule has 1 saturated carbocycles. The number of benzene rings is 2. The lowest BCUT2D eigenvalue weighted by Gasteiger charge is -2.28. The molecule has 2 aliphatic rings. The molecule has 0 saturated heterocycles. The number of primary sulfonamides is 1. The van der Waals surface area contributed by atoms with Crippen LogP contribution in [0.5, 0.6) is 0 Å². The molecule has 1 amide bonds. The van der Waals surface area contributed by atoms with Crippen LogP contribution >= 0.6 is 11.6 Å². The Kier molecular flexibility index (Phi) is 8.26. The van der Waals surface area contributed by atoms with Crippen molar-refractivity contribution in [1.82, 2.24) is 15.1 Å². The summed E-state index contributed by atoms with van der Waals surface area (Å²) < 4.78 is 25.5. The minimum absolute atomic E-state index is 0.0284. The molecular weight excluding hydrogens is 532 g/mol. The van der Waals surface area contributed by atoms with E-state index in [-0.39, 0.29) is 16.8 Å². The quantitative estimate of drug-likeness (QED) is 0.349. The van der Waals surface area contributed by atoms with Crippen LogP contribution < -0.4 is 10.5 Å². The highest BCUT2D eigenvalue weighted by atomic mass is 35.5. The molecule has 7 nitrogen and oxygen atoms in total. The van der Waals surface area contributed by atoms with Crippen LogP contribution in [-0.4, -0.2) is 30.1 Å². The van der Waals surface area contributed by atoms with Gasteiger partial charge in [-0.15, -0.1) is 0 Å². The number of hydrogen-bond acceptors (Lipinski definition) is 4. The molecule has 206 valence electrons. The fraction of sp³-hybridized carbons (Fsp3) is 0.400. The Balaban J connectivity index is 1.59. The number of nitrogens with one attached hydrogen (secondary N) is 1. The minimum Gasteiger partial charge on any atom is -0.348 e. The maximum Gasteiger partial charge on any atom is 0.272 e. The number of nitrogens with zero attached hydrogens (tertiary/aromatic N) is 2. The number of sulfonamides is 1. The maximum atomic E-state index is 13.7. The summed E-state index contributed by atoms with van der Waals surface area (Å²) in [5.74, 6) is 0.325. The summed E-state index contributed by atoms with van der Waals surface area (Å²) in [7, 11) is -3.83. The first kappa shape index (κ1) is 27.6. The van der Waals surface area contributed by atoms with E-state index in [9.17, 15) is 13.2 Å².